The molecule has 2 heterocycles. The first-order chi connectivity index (χ1) is 13.0. The number of ether oxygens (including phenoxy) is 1. The van der Waals surface area contributed by atoms with Gasteiger partial charge in [0.2, 0.25) is 5.91 Å². The number of amides is 1. The van der Waals surface area contributed by atoms with Crippen LogP contribution in [0.1, 0.15) is 38.2 Å². The van der Waals surface area contributed by atoms with E-state index in [0.717, 1.165) is 11.3 Å². The predicted molar refractivity (Wildman–Crippen MR) is 101 cm³/mol. The highest BCUT2D eigenvalue weighted by atomic mass is 16.5. The largest absolute Gasteiger partial charge is 0.497 e. The molecule has 2 aliphatic rings. The van der Waals surface area contributed by atoms with Crippen molar-refractivity contribution >= 4 is 5.91 Å². The molecule has 1 aromatic carbocycles. The van der Waals surface area contributed by atoms with Crippen molar-refractivity contribution in [1.29, 1.82) is 10.5 Å². The number of methoxy groups -OCH3 is 1. The fraction of sp³-hybridized carbons (Fsp3) is 0.571. The van der Waals surface area contributed by atoms with E-state index in [1.54, 1.807) is 14.0 Å². The quantitative estimate of drug-likeness (QED) is 0.821. The van der Waals surface area contributed by atoms with Gasteiger partial charge in [-0.15, -0.1) is 0 Å². The Balaban J connectivity index is 1.74. The molecular formula is C21H26N4O2. The van der Waals surface area contributed by atoms with Crippen LogP contribution in [0.15, 0.2) is 24.3 Å². The summed E-state index contributed by atoms with van der Waals surface area (Å²) in [5, 5.41) is 19.9. The second-order valence-electron chi connectivity index (χ2n) is 7.56. The molecule has 2 saturated heterocycles. The van der Waals surface area contributed by atoms with Gasteiger partial charge >= 0.3 is 0 Å². The molecule has 0 N–H and O–H groups in total. The lowest BCUT2D eigenvalue weighted by Crippen LogP contribution is -2.58. The molecule has 0 saturated carbocycles. The lowest BCUT2D eigenvalue weighted by atomic mass is 9.72. The molecule has 0 unspecified atom stereocenters. The number of likely N-dealkylation sites (tertiary alicyclic amines) is 2. The Kier molecular flexibility index (Phi) is 5.39. The SMILES string of the molecule is COc1cccc(C2(C#N)CCN(C3(C#N)CCN(C(C)=O)CC3)CC2)c1. The number of carbonyl (C=O) groups excluding carboxylic acids is 1. The van der Waals surface area contributed by atoms with Crippen molar-refractivity contribution in [3.05, 3.63) is 29.8 Å². The molecule has 3 rings (SSSR count). The average Bonchev–Trinajstić information content (AvgIpc) is 2.73. The highest BCUT2D eigenvalue weighted by molar-refractivity contribution is 5.73. The average molecular weight is 366 g/mol. The first-order valence-corrected chi connectivity index (χ1v) is 9.46. The monoisotopic (exact) mass is 366 g/mol. The third-order valence-electron chi connectivity index (χ3n) is 6.30. The standard InChI is InChI=1S/C21H26N4O2/c1-17(26)24-10-8-21(16-23,9-11-24)25-12-6-20(15-22,7-13-25)18-4-3-5-19(14-18)27-2/h3-5,14H,6-13H2,1-2H3. The van der Waals surface area contributed by atoms with Crippen molar-refractivity contribution in [1.82, 2.24) is 9.80 Å². The van der Waals surface area contributed by atoms with Gasteiger partial charge < -0.3 is 9.64 Å². The summed E-state index contributed by atoms with van der Waals surface area (Å²) >= 11 is 0. The number of benzene rings is 1. The Labute approximate surface area is 160 Å². The third kappa shape index (κ3) is 3.50. The van der Waals surface area contributed by atoms with E-state index in [1.807, 2.05) is 29.2 Å². The second kappa shape index (κ2) is 7.58. The van der Waals surface area contributed by atoms with E-state index < -0.39 is 11.0 Å². The van der Waals surface area contributed by atoms with Crippen LogP contribution in [0.3, 0.4) is 0 Å². The van der Waals surface area contributed by atoms with Gasteiger partial charge in [0.25, 0.3) is 0 Å². The molecule has 142 valence electrons. The van der Waals surface area contributed by atoms with Gasteiger partial charge in [0, 0.05) is 33.1 Å². The van der Waals surface area contributed by atoms with Crippen molar-refractivity contribution in [3.63, 3.8) is 0 Å². The third-order valence-corrected chi connectivity index (χ3v) is 6.30. The summed E-state index contributed by atoms with van der Waals surface area (Å²) in [6.45, 7) is 4.24. The fourth-order valence-electron chi connectivity index (χ4n) is 4.39. The molecule has 27 heavy (non-hydrogen) atoms. The zero-order valence-corrected chi connectivity index (χ0v) is 16.1. The molecule has 6 heteroatoms. The van der Waals surface area contributed by atoms with Crippen molar-refractivity contribution in [2.24, 2.45) is 0 Å². The van der Waals surface area contributed by atoms with Gasteiger partial charge in [-0.3, -0.25) is 9.69 Å². The molecule has 1 amide bonds. The van der Waals surface area contributed by atoms with Gasteiger partial charge in [-0.1, -0.05) is 12.1 Å². The topological polar surface area (TPSA) is 80.4 Å². The van der Waals surface area contributed by atoms with E-state index in [-0.39, 0.29) is 5.91 Å². The molecule has 0 bridgehead atoms. The number of nitriles is 2. The molecule has 0 atom stereocenters. The van der Waals surface area contributed by atoms with E-state index in [9.17, 15) is 15.3 Å². The lowest BCUT2D eigenvalue weighted by molar-refractivity contribution is -0.131. The summed E-state index contributed by atoms with van der Waals surface area (Å²) < 4.78 is 5.32. The maximum absolute atomic E-state index is 11.6. The first-order valence-electron chi connectivity index (χ1n) is 9.46. The fourth-order valence-corrected chi connectivity index (χ4v) is 4.39. The summed E-state index contributed by atoms with van der Waals surface area (Å²) in [4.78, 5) is 15.6. The molecule has 0 spiro atoms. The minimum Gasteiger partial charge on any atom is -0.497 e. The maximum atomic E-state index is 11.6. The van der Waals surface area contributed by atoms with Gasteiger partial charge in [-0.25, -0.2) is 0 Å². The Bertz CT molecular complexity index is 776. The van der Waals surface area contributed by atoms with Crippen LogP contribution in [0, 0.1) is 22.7 Å². The Morgan fingerprint density at radius 2 is 1.74 bits per heavy atom. The molecular weight excluding hydrogens is 340 g/mol. The lowest BCUT2D eigenvalue weighted by Gasteiger charge is -2.48. The maximum Gasteiger partial charge on any atom is 0.219 e. The van der Waals surface area contributed by atoms with Gasteiger partial charge in [-0.05, 0) is 43.4 Å². The van der Waals surface area contributed by atoms with Crippen LogP contribution in [0.25, 0.3) is 0 Å². The molecule has 0 aliphatic carbocycles. The molecule has 2 aliphatic heterocycles. The van der Waals surface area contributed by atoms with Gasteiger partial charge in [0.05, 0.1) is 24.7 Å². The minimum atomic E-state index is -0.540. The van der Waals surface area contributed by atoms with Crippen molar-refractivity contribution in [2.45, 2.75) is 43.6 Å². The van der Waals surface area contributed by atoms with Crippen LogP contribution in [0.4, 0.5) is 0 Å². The summed E-state index contributed by atoms with van der Waals surface area (Å²) in [7, 11) is 1.63. The molecule has 2 fully saturated rings. The number of piperidine rings is 2. The molecule has 0 radical (unpaired) electrons. The van der Waals surface area contributed by atoms with E-state index in [1.165, 1.54) is 0 Å². The van der Waals surface area contributed by atoms with Gasteiger partial charge in [0.1, 0.15) is 11.3 Å². The Hall–Kier alpha value is -2.57. The van der Waals surface area contributed by atoms with Crippen LogP contribution >= 0.6 is 0 Å². The van der Waals surface area contributed by atoms with Crippen molar-refractivity contribution < 1.29 is 9.53 Å². The highest BCUT2D eigenvalue weighted by Crippen LogP contribution is 2.40. The molecule has 6 nitrogen and oxygen atoms in total. The highest BCUT2D eigenvalue weighted by Gasteiger charge is 2.46. The normalized spacial score (nSPS) is 21.7. The Morgan fingerprint density at radius 3 is 2.26 bits per heavy atom. The van der Waals surface area contributed by atoms with E-state index in [4.69, 9.17) is 4.74 Å². The summed E-state index contributed by atoms with van der Waals surface area (Å²) in [5.74, 6) is 0.830. The van der Waals surface area contributed by atoms with Crippen molar-refractivity contribution in [3.8, 4) is 17.9 Å². The number of nitrogens with zero attached hydrogens (tertiary/aromatic N) is 4. The summed E-state index contributed by atoms with van der Waals surface area (Å²) in [5.41, 5.74) is -0.0783. The minimum absolute atomic E-state index is 0.0710. The van der Waals surface area contributed by atoms with Crippen molar-refractivity contribution in [2.75, 3.05) is 33.3 Å². The number of hydrogen-bond acceptors (Lipinski definition) is 5. The van der Waals surface area contributed by atoms with Crippen LogP contribution in [0.5, 0.6) is 5.75 Å². The summed E-state index contributed by atoms with van der Waals surface area (Å²) in [6.07, 6.45) is 2.72. The zero-order valence-electron chi connectivity index (χ0n) is 16.1. The van der Waals surface area contributed by atoms with Crippen LogP contribution in [-0.2, 0) is 10.2 Å². The van der Waals surface area contributed by atoms with E-state index >= 15 is 0 Å². The smallest absolute Gasteiger partial charge is 0.219 e. The summed E-state index contributed by atoms with van der Waals surface area (Å²) in [6, 6.07) is 12.8. The Morgan fingerprint density at radius 1 is 1.07 bits per heavy atom. The first kappa shape index (κ1) is 19.2. The van der Waals surface area contributed by atoms with Gasteiger partial charge in [0.15, 0.2) is 0 Å². The number of rotatable bonds is 3. The zero-order chi connectivity index (χ0) is 19.5. The predicted octanol–water partition coefficient (Wildman–Crippen LogP) is 2.46. The van der Waals surface area contributed by atoms with E-state index in [2.05, 4.69) is 17.0 Å². The number of carbonyl (C=O) groups is 1. The van der Waals surface area contributed by atoms with Crippen LogP contribution in [0.2, 0.25) is 0 Å². The van der Waals surface area contributed by atoms with E-state index in [0.29, 0.717) is 51.9 Å². The second-order valence-corrected chi connectivity index (χ2v) is 7.56. The molecule has 1 aromatic rings. The number of hydrogen-bond donors (Lipinski definition) is 0. The van der Waals surface area contributed by atoms with Crippen LogP contribution in [-0.4, -0.2) is 54.5 Å². The molecule has 0 aromatic heterocycles. The van der Waals surface area contributed by atoms with Gasteiger partial charge in [-0.2, -0.15) is 10.5 Å². The van der Waals surface area contributed by atoms with Crippen LogP contribution < -0.4 is 4.74 Å².